The van der Waals surface area contributed by atoms with E-state index in [-0.39, 0.29) is 16.9 Å². The Balaban J connectivity index is 0.000000333. The molecular weight excluding hydrogens is 502 g/mol. The number of benzene rings is 4. The molecule has 41 heavy (non-hydrogen) atoms. The summed E-state index contributed by atoms with van der Waals surface area (Å²) in [5.41, 5.74) is 9.39. The molecule has 0 heterocycles. The Bertz CT molecular complexity index is 1410. The average molecular weight is 548 g/mol. The number of hydrogen-bond acceptors (Lipinski definition) is 3. The summed E-state index contributed by atoms with van der Waals surface area (Å²) >= 11 is 0. The third-order valence-electron chi connectivity index (χ3n) is 6.35. The highest BCUT2D eigenvalue weighted by molar-refractivity contribution is 5.72. The maximum atomic E-state index is 9.57. The Kier molecular flexibility index (Phi) is 14.5. The zero-order valence-corrected chi connectivity index (χ0v) is 25.7. The van der Waals surface area contributed by atoms with E-state index < -0.39 is 0 Å². The molecule has 4 rings (SSSR count). The van der Waals surface area contributed by atoms with Crippen LogP contribution in [0.2, 0.25) is 0 Å². The van der Waals surface area contributed by atoms with Crippen molar-refractivity contribution in [3.63, 3.8) is 0 Å². The fourth-order valence-electron chi connectivity index (χ4n) is 3.95. The monoisotopic (exact) mass is 547 g/mol. The quantitative estimate of drug-likeness (QED) is 0.250. The first-order valence-corrected chi connectivity index (χ1v) is 13.7. The molecule has 0 amide bonds. The van der Waals surface area contributed by atoms with Gasteiger partial charge in [-0.1, -0.05) is 137 Å². The maximum Gasteiger partial charge on any atom is 0.100 e. The summed E-state index contributed by atoms with van der Waals surface area (Å²) in [7, 11) is 0. The molecule has 0 aliphatic heterocycles. The second-order valence-electron chi connectivity index (χ2n) is 10.6. The molecule has 0 aromatic heterocycles. The highest BCUT2D eigenvalue weighted by atomic mass is 16.3. The molecule has 4 aromatic rings. The second-order valence-corrected chi connectivity index (χ2v) is 10.6. The third-order valence-corrected chi connectivity index (χ3v) is 6.35. The molecular formula is C38H45NO2. The van der Waals surface area contributed by atoms with E-state index >= 15 is 0 Å². The van der Waals surface area contributed by atoms with Crippen LogP contribution in [0.5, 0.6) is 0 Å². The van der Waals surface area contributed by atoms with Crippen LogP contribution in [0.25, 0.3) is 22.3 Å². The van der Waals surface area contributed by atoms with Crippen LogP contribution in [0, 0.1) is 25.2 Å². The van der Waals surface area contributed by atoms with E-state index in [4.69, 9.17) is 10.2 Å². The molecule has 0 bridgehead atoms. The molecule has 0 aliphatic carbocycles. The normalized spacial score (nSPS) is 9.80. The fraction of sp³-hybridized carbons (Fsp3) is 0.237. The van der Waals surface area contributed by atoms with Crippen molar-refractivity contribution < 1.29 is 10.2 Å². The lowest BCUT2D eigenvalue weighted by Crippen LogP contribution is -2.17. The first-order valence-electron chi connectivity index (χ1n) is 13.7. The summed E-state index contributed by atoms with van der Waals surface area (Å²) in [6.07, 6.45) is 1.01. The van der Waals surface area contributed by atoms with Gasteiger partial charge in [0.2, 0.25) is 0 Å². The van der Waals surface area contributed by atoms with Gasteiger partial charge in [0.05, 0.1) is 17.1 Å². The van der Waals surface area contributed by atoms with Crippen LogP contribution in [0.15, 0.2) is 122 Å². The molecule has 0 spiro atoms. The van der Waals surface area contributed by atoms with Crippen LogP contribution in [0.4, 0.5) is 0 Å². The smallest absolute Gasteiger partial charge is 0.100 e. The topological polar surface area (TPSA) is 64.2 Å². The lowest BCUT2D eigenvalue weighted by atomic mass is 9.78. The van der Waals surface area contributed by atoms with Crippen LogP contribution in [-0.2, 0) is 5.41 Å². The van der Waals surface area contributed by atoms with Crippen molar-refractivity contribution in [1.82, 2.24) is 0 Å². The molecule has 0 saturated carbocycles. The van der Waals surface area contributed by atoms with Gasteiger partial charge in [-0.15, -0.1) is 0 Å². The van der Waals surface area contributed by atoms with E-state index in [0.717, 1.165) is 28.7 Å². The van der Waals surface area contributed by atoms with Gasteiger partial charge in [-0.3, -0.25) is 0 Å². The summed E-state index contributed by atoms with van der Waals surface area (Å²) in [5, 5.41) is 25.3. The van der Waals surface area contributed by atoms with E-state index in [2.05, 4.69) is 127 Å². The van der Waals surface area contributed by atoms with E-state index in [0.29, 0.717) is 0 Å². The molecule has 0 radical (unpaired) electrons. The van der Waals surface area contributed by atoms with Crippen molar-refractivity contribution in [2.75, 3.05) is 0 Å². The molecule has 214 valence electrons. The Morgan fingerprint density at radius 2 is 1.20 bits per heavy atom. The lowest BCUT2D eigenvalue weighted by molar-refractivity contribution is 0.416. The average Bonchev–Trinajstić information content (AvgIpc) is 2.94. The van der Waals surface area contributed by atoms with Crippen molar-refractivity contribution in [3.8, 4) is 28.3 Å². The highest BCUT2D eigenvalue weighted by Gasteiger charge is 2.23. The standard InChI is InChI=1S/C18H19N.C14H14.2C3H6O/c1-4-18(2,3)17-12-8-11-15(16(17)13-19)14-9-6-5-7-10-14;1-11-8-9-12(2)14(10-11)13-6-4-3-5-7-13;2*1-3(2)4/h5-12H,4H2,1-3H3;3-10H,1-2H3;2*4H,1H2,2H3. The summed E-state index contributed by atoms with van der Waals surface area (Å²) < 4.78 is 0. The minimum Gasteiger partial charge on any atom is -0.513 e. The number of aliphatic hydroxyl groups excluding tert-OH is 2. The summed E-state index contributed by atoms with van der Waals surface area (Å²) in [6.45, 7) is 20.1. The van der Waals surface area contributed by atoms with Crippen LogP contribution in [-0.4, -0.2) is 10.2 Å². The van der Waals surface area contributed by atoms with E-state index in [1.807, 2.05) is 24.3 Å². The SMILES string of the molecule is C=C(C)O.C=C(C)O.CCC(C)(C)c1cccc(-c2ccccc2)c1C#N.Cc1ccc(C)c(-c2ccccc2)c1. The van der Waals surface area contributed by atoms with Gasteiger partial charge in [0.1, 0.15) is 6.07 Å². The number of nitriles is 1. The summed E-state index contributed by atoms with van der Waals surface area (Å²) in [6, 6.07) is 35.8. The van der Waals surface area contributed by atoms with Gasteiger partial charge in [-0.25, -0.2) is 0 Å². The van der Waals surface area contributed by atoms with Gasteiger partial charge in [-0.2, -0.15) is 5.26 Å². The molecule has 0 saturated heterocycles. The summed E-state index contributed by atoms with van der Waals surface area (Å²) in [4.78, 5) is 0. The van der Waals surface area contributed by atoms with Gasteiger partial charge in [-0.05, 0) is 72.9 Å². The zero-order chi connectivity index (χ0) is 31.0. The van der Waals surface area contributed by atoms with Gasteiger partial charge < -0.3 is 10.2 Å². The predicted molar refractivity (Wildman–Crippen MR) is 176 cm³/mol. The van der Waals surface area contributed by atoms with E-state index in [9.17, 15) is 5.26 Å². The Labute approximate surface area is 247 Å². The largest absolute Gasteiger partial charge is 0.513 e. The molecule has 2 N–H and O–H groups in total. The number of allylic oxidation sites excluding steroid dienone is 2. The highest BCUT2D eigenvalue weighted by Crippen LogP contribution is 2.34. The predicted octanol–water partition coefficient (Wildman–Crippen LogP) is 11.0. The molecule has 3 heteroatoms. The Morgan fingerprint density at radius 3 is 1.63 bits per heavy atom. The number of hydrogen-bond donors (Lipinski definition) is 2. The van der Waals surface area contributed by atoms with E-state index in [1.54, 1.807) is 0 Å². The van der Waals surface area contributed by atoms with Crippen LogP contribution in [0.1, 0.15) is 63.3 Å². The second kappa shape index (κ2) is 17.2. The maximum absolute atomic E-state index is 9.57. The van der Waals surface area contributed by atoms with Gasteiger partial charge in [0.15, 0.2) is 0 Å². The fourth-order valence-corrected chi connectivity index (χ4v) is 3.95. The number of nitrogens with zero attached hydrogens (tertiary/aromatic N) is 1. The van der Waals surface area contributed by atoms with Crippen LogP contribution < -0.4 is 0 Å². The third kappa shape index (κ3) is 12.0. The lowest BCUT2D eigenvalue weighted by Gasteiger charge is -2.25. The van der Waals surface area contributed by atoms with Gasteiger partial charge in [0.25, 0.3) is 0 Å². The zero-order valence-electron chi connectivity index (χ0n) is 25.7. The Hall–Kier alpha value is -4.55. The van der Waals surface area contributed by atoms with Crippen LogP contribution >= 0.6 is 0 Å². The van der Waals surface area contributed by atoms with Crippen molar-refractivity contribution in [2.24, 2.45) is 0 Å². The molecule has 0 fully saturated rings. The van der Waals surface area contributed by atoms with Crippen LogP contribution in [0.3, 0.4) is 0 Å². The van der Waals surface area contributed by atoms with Crippen molar-refractivity contribution in [2.45, 2.75) is 60.3 Å². The molecule has 4 aromatic carbocycles. The first kappa shape index (κ1) is 34.5. The minimum absolute atomic E-state index is 0.0237. The van der Waals surface area contributed by atoms with Crippen molar-refractivity contribution in [1.29, 1.82) is 5.26 Å². The summed E-state index contributed by atoms with van der Waals surface area (Å²) in [5.74, 6) is 0.333. The first-order chi connectivity index (χ1) is 19.3. The van der Waals surface area contributed by atoms with Crippen molar-refractivity contribution in [3.05, 3.63) is 144 Å². The van der Waals surface area contributed by atoms with Gasteiger partial charge >= 0.3 is 0 Å². The van der Waals surface area contributed by atoms with E-state index in [1.165, 1.54) is 36.1 Å². The molecule has 0 atom stereocenters. The number of aliphatic hydroxyl groups is 2. The van der Waals surface area contributed by atoms with Crippen molar-refractivity contribution >= 4 is 0 Å². The minimum atomic E-state index is 0.0237. The number of aryl methyl sites for hydroxylation is 2. The molecule has 3 nitrogen and oxygen atoms in total. The molecule has 0 aliphatic rings. The Morgan fingerprint density at radius 1 is 0.732 bits per heavy atom. The van der Waals surface area contributed by atoms with Gasteiger partial charge in [0, 0.05) is 0 Å². The number of rotatable bonds is 4. The molecule has 0 unspecified atom stereocenters.